The molecule has 0 bridgehead atoms. The number of hydrogen-bond acceptors (Lipinski definition) is 4. The van der Waals surface area contributed by atoms with Gasteiger partial charge in [0.1, 0.15) is 0 Å². The molecule has 4 nitrogen and oxygen atoms in total. The average molecular weight is 272 g/mol. The van der Waals surface area contributed by atoms with Crippen LogP contribution >= 0.6 is 0 Å². The van der Waals surface area contributed by atoms with Crippen LogP contribution in [0.3, 0.4) is 0 Å². The van der Waals surface area contributed by atoms with E-state index < -0.39 is 5.60 Å². The molecule has 2 rings (SSSR count). The Morgan fingerprint density at radius 1 is 1.15 bits per heavy atom. The van der Waals surface area contributed by atoms with Gasteiger partial charge in [0.15, 0.2) is 0 Å². The molecule has 1 heterocycles. The lowest BCUT2D eigenvalue weighted by molar-refractivity contribution is 0.00142. The number of benzene rings is 1. The molecule has 0 saturated heterocycles. The van der Waals surface area contributed by atoms with Crippen molar-refractivity contribution in [2.45, 2.75) is 18.6 Å². The Balaban J connectivity index is 2.22. The Morgan fingerprint density at radius 3 is 2.45 bits per heavy atom. The van der Waals surface area contributed by atoms with Crippen molar-refractivity contribution in [2.75, 3.05) is 13.2 Å². The van der Waals surface area contributed by atoms with Gasteiger partial charge in [-0.15, -0.1) is 0 Å². The first-order valence-corrected chi connectivity index (χ1v) is 6.65. The van der Waals surface area contributed by atoms with Crippen LogP contribution in [0.15, 0.2) is 54.7 Å². The van der Waals surface area contributed by atoms with E-state index >= 15 is 0 Å². The maximum Gasteiger partial charge on any atom is 0.0973 e. The fourth-order valence-corrected chi connectivity index (χ4v) is 1.96. The summed E-state index contributed by atoms with van der Waals surface area (Å²) >= 11 is 0. The first-order chi connectivity index (χ1) is 9.62. The predicted molar refractivity (Wildman–Crippen MR) is 78.2 cm³/mol. The van der Waals surface area contributed by atoms with Crippen molar-refractivity contribution in [3.63, 3.8) is 0 Å². The van der Waals surface area contributed by atoms with Gasteiger partial charge in [0.25, 0.3) is 0 Å². The normalized spacial score (nSPS) is 15.6. The fourth-order valence-electron chi connectivity index (χ4n) is 1.96. The van der Waals surface area contributed by atoms with E-state index in [0.717, 1.165) is 11.3 Å². The third kappa shape index (κ3) is 3.87. The topological polar surface area (TPSA) is 65.4 Å². The Bertz CT molecular complexity index is 475. The van der Waals surface area contributed by atoms with Gasteiger partial charge >= 0.3 is 0 Å². The SMILES string of the molecule is CC(O)(CO)CNC(c1ccccc1)c1ccccn1. The Morgan fingerprint density at radius 2 is 1.85 bits per heavy atom. The van der Waals surface area contributed by atoms with Gasteiger partial charge < -0.3 is 15.5 Å². The smallest absolute Gasteiger partial charge is 0.0973 e. The molecule has 2 aromatic rings. The fraction of sp³-hybridized carbons (Fsp3) is 0.312. The molecule has 4 heteroatoms. The van der Waals surface area contributed by atoms with Gasteiger partial charge in [-0.05, 0) is 24.6 Å². The second kappa shape index (κ2) is 6.61. The van der Waals surface area contributed by atoms with Crippen molar-refractivity contribution >= 4 is 0 Å². The first-order valence-electron chi connectivity index (χ1n) is 6.65. The van der Waals surface area contributed by atoms with Crippen LogP contribution in [0.4, 0.5) is 0 Å². The predicted octanol–water partition coefficient (Wildman–Crippen LogP) is 1.50. The highest BCUT2D eigenvalue weighted by molar-refractivity contribution is 5.27. The standard InChI is InChI=1S/C16H20N2O2/c1-16(20,12-19)11-18-15(13-7-3-2-4-8-13)14-9-5-6-10-17-14/h2-10,15,18-20H,11-12H2,1H3. The second-order valence-corrected chi connectivity index (χ2v) is 5.13. The van der Waals surface area contributed by atoms with Crippen molar-refractivity contribution < 1.29 is 10.2 Å². The number of aliphatic hydroxyl groups excluding tert-OH is 1. The van der Waals surface area contributed by atoms with E-state index in [1.807, 2.05) is 48.5 Å². The van der Waals surface area contributed by atoms with E-state index in [4.69, 9.17) is 5.11 Å². The third-order valence-corrected chi connectivity index (χ3v) is 3.14. The molecule has 2 atom stereocenters. The van der Waals surface area contributed by atoms with Crippen LogP contribution in [-0.2, 0) is 0 Å². The van der Waals surface area contributed by atoms with Gasteiger partial charge in [0.05, 0.1) is 23.9 Å². The highest BCUT2D eigenvalue weighted by atomic mass is 16.3. The van der Waals surface area contributed by atoms with E-state index in [1.54, 1.807) is 13.1 Å². The summed E-state index contributed by atoms with van der Waals surface area (Å²) in [6.45, 7) is 1.59. The minimum absolute atomic E-state index is 0.115. The summed E-state index contributed by atoms with van der Waals surface area (Å²) in [4.78, 5) is 4.38. The molecule has 1 aromatic heterocycles. The molecule has 0 aliphatic rings. The van der Waals surface area contributed by atoms with Gasteiger partial charge in [0.2, 0.25) is 0 Å². The van der Waals surface area contributed by atoms with Crippen molar-refractivity contribution in [3.05, 3.63) is 66.0 Å². The molecule has 2 unspecified atom stereocenters. The molecular formula is C16H20N2O2. The van der Waals surface area contributed by atoms with Crippen LogP contribution in [-0.4, -0.2) is 33.9 Å². The highest BCUT2D eigenvalue weighted by Crippen LogP contribution is 2.20. The third-order valence-electron chi connectivity index (χ3n) is 3.14. The van der Waals surface area contributed by atoms with Crippen LogP contribution in [0, 0.1) is 0 Å². The molecule has 0 saturated carbocycles. The minimum Gasteiger partial charge on any atom is -0.393 e. The molecule has 20 heavy (non-hydrogen) atoms. The molecule has 1 aromatic carbocycles. The largest absolute Gasteiger partial charge is 0.393 e. The lowest BCUT2D eigenvalue weighted by Gasteiger charge is -2.25. The monoisotopic (exact) mass is 272 g/mol. The van der Waals surface area contributed by atoms with E-state index in [-0.39, 0.29) is 19.2 Å². The summed E-state index contributed by atoms with van der Waals surface area (Å²) in [6.07, 6.45) is 1.75. The number of hydrogen-bond donors (Lipinski definition) is 3. The molecular weight excluding hydrogens is 252 g/mol. The number of rotatable bonds is 6. The van der Waals surface area contributed by atoms with E-state index in [9.17, 15) is 5.11 Å². The van der Waals surface area contributed by atoms with Crippen LogP contribution in [0.5, 0.6) is 0 Å². The zero-order valence-corrected chi connectivity index (χ0v) is 11.5. The average Bonchev–Trinajstić information content (AvgIpc) is 2.49. The number of aliphatic hydroxyl groups is 2. The van der Waals surface area contributed by atoms with Crippen molar-refractivity contribution in [3.8, 4) is 0 Å². The molecule has 0 fully saturated rings. The zero-order chi connectivity index (χ0) is 14.4. The van der Waals surface area contributed by atoms with Crippen LogP contribution < -0.4 is 5.32 Å². The first kappa shape index (κ1) is 14.7. The van der Waals surface area contributed by atoms with Crippen molar-refractivity contribution in [1.29, 1.82) is 0 Å². The summed E-state index contributed by atoms with van der Waals surface area (Å²) in [6, 6.07) is 15.6. The van der Waals surface area contributed by atoms with Crippen molar-refractivity contribution in [1.82, 2.24) is 10.3 Å². The minimum atomic E-state index is -1.15. The number of nitrogens with zero attached hydrogens (tertiary/aromatic N) is 1. The Kier molecular flexibility index (Phi) is 4.84. The van der Waals surface area contributed by atoms with E-state index in [0.29, 0.717) is 0 Å². The Labute approximate surface area is 119 Å². The summed E-state index contributed by atoms with van der Waals surface area (Å²) < 4.78 is 0. The van der Waals surface area contributed by atoms with Gasteiger partial charge in [-0.25, -0.2) is 0 Å². The summed E-state index contributed by atoms with van der Waals surface area (Å²) in [5, 5.41) is 22.3. The molecule has 0 aliphatic carbocycles. The molecule has 0 radical (unpaired) electrons. The number of pyridine rings is 1. The lowest BCUT2D eigenvalue weighted by Crippen LogP contribution is -2.42. The molecule has 3 N–H and O–H groups in total. The quantitative estimate of drug-likeness (QED) is 0.745. The number of nitrogens with one attached hydrogen (secondary N) is 1. The molecule has 0 aliphatic heterocycles. The molecule has 0 amide bonds. The highest BCUT2D eigenvalue weighted by Gasteiger charge is 2.22. The van der Waals surface area contributed by atoms with E-state index in [1.165, 1.54) is 0 Å². The van der Waals surface area contributed by atoms with E-state index in [2.05, 4.69) is 10.3 Å². The summed E-state index contributed by atoms with van der Waals surface area (Å²) in [5.41, 5.74) is 0.800. The Hall–Kier alpha value is -1.75. The number of aromatic nitrogens is 1. The zero-order valence-electron chi connectivity index (χ0n) is 11.5. The van der Waals surface area contributed by atoms with Crippen LogP contribution in [0.2, 0.25) is 0 Å². The van der Waals surface area contributed by atoms with Gasteiger partial charge in [0, 0.05) is 12.7 Å². The van der Waals surface area contributed by atoms with Crippen LogP contribution in [0.1, 0.15) is 24.2 Å². The van der Waals surface area contributed by atoms with Gasteiger partial charge in [-0.2, -0.15) is 0 Å². The van der Waals surface area contributed by atoms with Crippen molar-refractivity contribution in [2.24, 2.45) is 0 Å². The van der Waals surface area contributed by atoms with Gasteiger partial charge in [-0.1, -0.05) is 36.4 Å². The van der Waals surface area contributed by atoms with Crippen LogP contribution in [0.25, 0.3) is 0 Å². The molecule has 0 spiro atoms. The summed E-state index contributed by atoms with van der Waals surface area (Å²) in [5.74, 6) is 0. The maximum atomic E-state index is 9.93. The summed E-state index contributed by atoms with van der Waals surface area (Å²) in [7, 11) is 0. The lowest BCUT2D eigenvalue weighted by atomic mass is 10.0. The second-order valence-electron chi connectivity index (χ2n) is 5.13. The maximum absolute atomic E-state index is 9.93. The molecule has 106 valence electrons. The van der Waals surface area contributed by atoms with Gasteiger partial charge in [-0.3, -0.25) is 4.98 Å².